The first-order chi connectivity index (χ1) is 13.1. The lowest BCUT2D eigenvalue weighted by atomic mass is 10.1. The van der Waals surface area contributed by atoms with Gasteiger partial charge in [-0.1, -0.05) is 48.5 Å². The second kappa shape index (κ2) is 8.77. The summed E-state index contributed by atoms with van der Waals surface area (Å²) in [6.07, 6.45) is 2.32. The van der Waals surface area contributed by atoms with E-state index in [0.29, 0.717) is 12.2 Å². The van der Waals surface area contributed by atoms with Crippen molar-refractivity contribution in [2.45, 2.75) is 19.0 Å². The number of amides is 1. The van der Waals surface area contributed by atoms with Crippen molar-refractivity contribution in [1.82, 2.24) is 9.88 Å². The van der Waals surface area contributed by atoms with Gasteiger partial charge in [0, 0.05) is 16.6 Å². The molecule has 1 aromatic heterocycles. The highest BCUT2D eigenvalue weighted by molar-refractivity contribution is 7.98. The molecule has 6 heteroatoms. The average Bonchev–Trinajstić information content (AvgIpc) is 3.04. The van der Waals surface area contributed by atoms with E-state index in [4.69, 9.17) is 0 Å². The number of fused-ring (bicyclic) bond motifs is 1. The van der Waals surface area contributed by atoms with Gasteiger partial charge in [-0.15, -0.1) is 0 Å². The lowest BCUT2D eigenvalue weighted by Crippen LogP contribution is -2.42. The lowest BCUT2D eigenvalue weighted by Gasteiger charge is -2.16. The Balaban J connectivity index is 1.89. The maximum atomic E-state index is 12.6. The maximum absolute atomic E-state index is 12.6. The van der Waals surface area contributed by atoms with Crippen molar-refractivity contribution in [3.63, 3.8) is 0 Å². The van der Waals surface area contributed by atoms with Crippen LogP contribution >= 0.6 is 11.8 Å². The van der Waals surface area contributed by atoms with Crippen LogP contribution in [0.25, 0.3) is 22.2 Å². The van der Waals surface area contributed by atoms with Crippen molar-refractivity contribution in [2.75, 3.05) is 12.0 Å². The van der Waals surface area contributed by atoms with E-state index in [1.807, 2.05) is 65.4 Å². The van der Waals surface area contributed by atoms with Gasteiger partial charge in [-0.3, -0.25) is 4.79 Å². The highest BCUT2D eigenvalue weighted by atomic mass is 32.2. The Bertz CT molecular complexity index is 937. The molecule has 0 aliphatic rings. The minimum atomic E-state index is -1.00. The number of thioether (sulfide) groups is 1. The first-order valence-electron chi connectivity index (χ1n) is 8.75. The van der Waals surface area contributed by atoms with Gasteiger partial charge in [0.25, 0.3) is 0 Å². The van der Waals surface area contributed by atoms with Gasteiger partial charge >= 0.3 is 5.97 Å². The van der Waals surface area contributed by atoms with Crippen molar-refractivity contribution in [1.29, 1.82) is 0 Å². The Morgan fingerprint density at radius 3 is 2.52 bits per heavy atom. The third-order valence-electron chi connectivity index (χ3n) is 4.43. The maximum Gasteiger partial charge on any atom is 0.326 e. The normalized spacial score (nSPS) is 12.0. The van der Waals surface area contributed by atoms with Gasteiger partial charge in [-0.05, 0) is 36.1 Å². The summed E-state index contributed by atoms with van der Waals surface area (Å²) in [7, 11) is 0. The Labute approximate surface area is 162 Å². The van der Waals surface area contributed by atoms with Crippen LogP contribution in [0.4, 0.5) is 0 Å². The number of aromatic nitrogens is 1. The third-order valence-corrected chi connectivity index (χ3v) is 5.07. The van der Waals surface area contributed by atoms with Crippen molar-refractivity contribution >= 4 is 34.5 Å². The van der Waals surface area contributed by atoms with Crippen molar-refractivity contribution in [2.24, 2.45) is 0 Å². The number of para-hydroxylation sites is 1. The molecule has 0 radical (unpaired) electrons. The molecule has 0 aliphatic heterocycles. The molecule has 27 heavy (non-hydrogen) atoms. The number of carboxylic acid groups (broad SMARTS) is 1. The van der Waals surface area contributed by atoms with E-state index in [1.54, 1.807) is 11.8 Å². The summed E-state index contributed by atoms with van der Waals surface area (Å²) < 4.78 is 1.94. The second-order valence-electron chi connectivity index (χ2n) is 6.28. The molecule has 1 amide bonds. The van der Waals surface area contributed by atoms with Gasteiger partial charge in [-0.25, -0.2) is 4.79 Å². The Morgan fingerprint density at radius 2 is 1.81 bits per heavy atom. The largest absolute Gasteiger partial charge is 0.480 e. The molecule has 0 spiro atoms. The van der Waals surface area contributed by atoms with Crippen LogP contribution in [-0.4, -0.2) is 39.6 Å². The van der Waals surface area contributed by atoms with E-state index >= 15 is 0 Å². The van der Waals surface area contributed by atoms with E-state index in [0.717, 1.165) is 22.2 Å². The molecular weight excluding hydrogens is 360 g/mol. The monoisotopic (exact) mass is 382 g/mol. The van der Waals surface area contributed by atoms with Crippen LogP contribution in [0.1, 0.15) is 6.42 Å². The van der Waals surface area contributed by atoms with E-state index in [-0.39, 0.29) is 12.5 Å². The van der Waals surface area contributed by atoms with Crippen LogP contribution in [0.2, 0.25) is 0 Å². The Morgan fingerprint density at radius 1 is 1.11 bits per heavy atom. The summed E-state index contributed by atoms with van der Waals surface area (Å²) in [6, 6.07) is 18.9. The number of aliphatic carboxylic acids is 1. The molecule has 0 bridgehead atoms. The van der Waals surface area contributed by atoms with Crippen LogP contribution in [-0.2, 0) is 16.1 Å². The molecule has 140 valence electrons. The van der Waals surface area contributed by atoms with Gasteiger partial charge in [0.2, 0.25) is 5.91 Å². The zero-order valence-corrected chi connectivity index (χ0v) is 15.9. The summed E-state index contributed by atoms with van der Waals surface area (Å²) in [6.45, 7) is 0.0702. The fourth-order valence-corrected chi connectivity index (χ4v) is 3.58. The predicted molar refractivity (Wildman–Crippen MR) is 110 cm³/mol. The number of nitrogens with one attached hydrogen (secondary N) is 1. The molecule has 2 N–H and O–H groups in total. The summed E-state index contributed by atoms with van der Waals surface area (Å²) in [4.78, 5) is 24.0. The number of nitrogens with zero attached hydrogens (tertiary/aromatic N) is 1. The zero-order chi connectivity index (χ0) is 19.2. The van der Waals surface area contributed by atoms with Crippen molar-refractivity contribution < 1.29 is 14.7 Å². The van der Waals surface area contributed by atoms with Gasteiger partial charge in [0.05, 0.1) is 0 Å². The number of hydrogen-bond acceptors (Lipinski definition) is 3. The highest BCUT2D eigenvalue weighted by Gasteiger charge is 2.21. The van der Waals surface area contributed by atoms with E-state index < -0.39 is 12.0 Å². The number of hydrogen-bond donors (Lipinski definition) is 2. The van der Waals surface area contributed by atoms with Crippen LogP contribution in [0.15, 0.2) is 60.7 Å². The van der Waals surface area contributed by atoms with Gasteiger partial charge in [0.15, 0.2) is 0 Å². The summed E-state index contributed by atoms with van der Waals surface area (Å²) in [5.74, 6) is -0.626. The van der Waals surface area contributed by atoms with E-state index in [1.165, 1.54) is 0 Å². The van der Waals surface area contributed by atoms with Gasteiger partial charge in [0.1, 0.15) is 12.6 Å². The SMILES string of the molecule is CSCC[C@@H](NC(=O)Cn1c(-c2ccccc2)cc2ccccc21)C(=O)O. The summed E-state index contributed by atoms with van der Waals surface area (Å²) >= 11 is 1.56. The predicted octanol–water partition coefficient (Wildman–Crippen LogP) is 3.63. The minimum absolute atomic E-state index is 0.0702. The first-order valence-corrected chi connectivity index (χ1v) is 10.1. The molecule has 3 rings (SSSR count). The summed E-state index contributed by atoms with van der Waals surface area (Å²) in [5.41, 5.74) is 2.89. The van der Waals surface area contributed by atoms with Crippen molar-refractivity contribution in [3.8, 4) is 11.3 Å². The number of carbonyl (C=O) groups excluding carboxylic acids is 1. The second-order valence-corrected chi connectivity index (χ2v) is 7.27. The Kier molecular flexibility index (Phi) is 6.19. The number of carboxylic acids is 1. The number of carbonyl (C=O) groups is 2. The molecule has 0 saturated heterocycles. The molecule has 0 unspecified atom stereocenters. The minimum Gasteiger partial charge on any atom is -0.480 e. The number of benzene rings is 2. The quantitative estimate of drug-likeness (QED) is 0.624. The van der Waals surface area contributed by atoms with Crippen LogP contribution < -0.4 is 5.32 Å². The van der Waals surface area contributed by atoms with E-state index in [9.17, 15) is 14.7 Å². The molecule has 3 aromatic rings. The lowest BCUT2D eigenvalue weighted by molar-refractivity contribution is -0.141. The summed E-state index contributed by atoms with van der Waals surface area (Å²) in [5, 5.41) is 13.1. The molecule has 1 atom stereocenters. The fraction of sp³-hybridized carbons (Fsp3) is 0.238. The van der Waals surface area contributed by atoms with Gasteiger partial charge in [-0.2, -0.15) is 11.8 Å². The molecular formula is C21H22N2O3S. The Hall–Kier alpha value is -2.73. The van der Waals surface area contributed by atoms with Crippen LogP contribution in [0.5, 0.6) is 0 Å². The fourth-order valence-electron chi connectivity index (χ4n) is 3.11. The van der Waals surface area contributed by atoms with Gasteiger partial charge < -0.3 is 15.0 Å². The molecule has 2 aromatic carbocycles. The molecule has 0 aliphatic carbocycles. The van der Waals surface area contributed by atoms with Crippen LogP contribution in [0, 0.1) is 0 Å². The smallest absolute Gasteiger partial charge is 0.326 e. The topological polar surface area (TPSA) is 71.3 Å². The average molecular weight is 382 g/mol. The zero-order valence-electron chi connectivity index (χ0n) is 15.1. The highest BCUT2D eigenvalue weighted by Crippen LogP contribution is 2.28. The number of rotatable bonds is 8. The molecule has 5 nitrogen and oxygen atoms in total. The molecule has 0 saturated carbocycles. The molecule has 1 heterocycles. The first kappa shape index (κ1) is 19.0. The van der Waals surface area contributed by atoms with Crippen LogP contribution in [0.3, 0.4) is 0 Å². The van der Waals surface area contributed by atoms with Crippen molar-refractivity contribution in [3.05, 3.63) is 60.7 Å². The third kappa shape index (κ3) is 4.52. The standard InChI is InChI=1S/C21H22N2O3S/c1-27-12-11-17(21(25)26)22-20(24)14-23-18-10-6-5-9-16(18)13-19(23)15-7-3-2-4-8-15/h2-10,13,17H,11-12,14H2,1H3,(H,22,24)(H,25,26)/t17-/m1/s1. The van der Waals surface area contributed by atoms with E-state index in [2.05, 4.69) is 11.4 Å². The molecule has 0 fully saturated rings.